The minimum Gasteiger partial charge on any atom is -0.319 e. The lowest BCUT2D eigenvalue weighted by molar-refractivity contribution is -0.939. The van der Waals surface area contributed by atoms with E-state index >= 15 is 0 Å². The average molecular weight is 417 g/mol. The van der Waals surface area contributed by atoms with E-state index in [0.717, 1.165) is 17.9 Å². The van der Waals surface area contributed by atoms with Gasteiger partial charge < -0.3 is 9.80 Å². The molecule has 4 heterocycles. The molecule has 154 valence electrons. The Morgan fingerprint density at radius 1 is 1.24 bits per heavy atom. The Labute approximate surface area is 173 Å². The summed E-state index contributed by atoms with van der Waals surface area (Å²) < 4.78 is 1.27. The van der Waals surface area contributed by atoms with Gasteiger partial charge in [-0.05, 0) is 36.0 Å². The van der Waals surface area contributed by atoms with Crippen LogP contribution in [-0.4, -0.2) is 71.6 Å². The third-order valence-electron chi connectivity index (χ3n) is 6.01. The molecule has 0 saturated carbocycles. The highest BCUT2D eigenvalue weighted by atomic mass is 32.1. The Bertz CT molecular complexity index is 861. The van der Waals surface area contributed by atoms with E-state index in [9.17, 15) is 10.1 Å². The number of hydrogen-bond donors (Lipinski definition) is 1. The highest BCUT2D eigenvalue weighted by Crippen LogP contribution is 2.29. The molecule has 3 aliphatic rings. The lowest BCUT2D eigenvalue weighted by Crippen LogP contribution is -2.68. The Morgan fingerprint density at radius 3 is 2.55 bits per heavy atom. The predicted octanol–water partition coefficient (Wildman–Crippen LogP) is 3.26. The molecule has 2 aromatic rings. The van der Waals surface area contributed by atoms with Gasteiger partial charge in [-0.1, -0.05) is 12.1 Å². The smallest absolute Gasteiger partial charge is 0.319 e. The van der Waals surface area contributed by atoms with Gasteiger partial charge >= 0.3 is 5.00 Å². The second-order valence-electron chi connectivity index (χ2n) is 7.78. The first-order chi connectivity index (χ1) is 14.0. The van der Waals surface area contributed by atoms with E-state index in [-0.39, 0.29) is 16.2 Å². The summed E-state index contributed by atoms with van der Waals surface area (Å²) in [5.74, 6) is 0. The molecule has 10 heteroatoms. The summed E-state index contributed by atoms with van der Waals surface area (Å²) in [6.45, 7) is 12.0. The Morgan fingerprint density at radius 2 is 1.93 bits per heavy atom. The van der Waals surface area contributed by atoms with Crippen molar-refractivity contribution in [1.29, 1.82) is 0 Å². The summed E-state index contributed by atoms with van der Waals surface area (Å²) in [6, 6.07) is 8.17. The van der Waals surface area contributed by atoms with Gasteiger partial charge in [0.25, 0.3) is 0 Å². The zero-order chi connectivity index (χ0) is 20.3. The highest BCUT2D eigenvalue weighted by molar-refractivity contribution is 7.18. The van der Waals surface area contributed by atoms with E-state index in [2.05, 4.69) is 32.4 Å². The number of thiazole rings is 1. The standard InChI is InChI=1S/C19H26N7O2S/c1-15(20-6-10-26-11-7-24(8-12-26)9-13-26)16-2-4-17(5-3-16)22-23-19-21-14-18(29-19)25(27)28/h2-5,14-15,20H,6-13H2,1H3/q+1. The number of benzene rings is 1. The Balaban J connectivity index is 1.27. The minimum absolute atomic E-state index is 0.0360. The molecule has 3 fully saturated rings. The number of nitrogens with zero attached hydrogens (tertiary/aromatic N) is 6. The fraction of sp³-hybridized carbons (Fsp3) is 0.526. The average Bonchev–Trinajstić information content (AvgIpc) is 3.23. The van der Waals surface area contributed by atoms with E-state index in [1.807, 2.05) is 24.3 Å². The number of quaternary nitrogens is 1. The van der Waals surface area contributed by atoms with Crippen LogP contribution in [-0.2, 0) is 0 Å². The SMILES string of the molecule is CC(NCC[N+]12CCN(CC1)CC2)c1ccc(N=Nc2ncc([N+](=O)[O-])s2)cc1. The van der Waals surface area contributed by atoms with E-state index in [1.165, 1.54) is 62.1 Å². The molecule has 9 nitrogen and oxygen atoms in total. The van der Waals surface area contributed by atoms with Crippen molar-refractivity contribution in [2.45, 2.75) is 13.0 Å². The molecule has 3 aliphatic heterocycles. The summed E-state index contributed by atoms with van der Waals surface area (Å²) in [6.07, 6.45) is 1.20. The first-order valence-electron chi connectivity index (χ1n) is 9.96. The first kappa shape index (κ1) is 20.0. The van der Waals surface area contributed by atoms with E-state index < -0.39 is 4.92 Å². The molecule has 1 unspecified atom stereocenters. The van der Waals surface area contributed by atoms with Gasteiger partial charge in [-0.3, -0.25) is 15.0 Å². The molecule has 0 aliphatic carbocycles. The largest absolute Gasteiger partial charge is 0.345 e. The molecule has 1 N–H and O–H groups in total. The van der Waals surface area contributed by atoms with Gasteiger partial charge in [0.2, 0.25) is 5.13 Å². The van der Waals surface area contributed by atoms with Gasteiger partial charge in [0.15, 0.2) is 0 Å². The van der Waals surface area contributed by atoms with Crippen molar-refractivity contribution in [2.24, 2.45) is 10.2 Å². The molecular weight excluding hydrogens is 390 g/mol. The van der Waals surface area contributed by atoms with Crippen LogP contribution in [0.25, 0.3) is 0 Å². The number of rotatable bonds is 8. The molecule has 29 heavy (non-hydrogen) atoms. The van der Waals surface area contributed by atoms with Crippen LogP contribution in [0, 0.1) is 10.1 Å². The summed E-state index contributed by atoms with van der Waals surface area (Å²) in [5.41, 5.74) is 1.90. The van der Waals surface area contributed by atoms with Gasteiger partial charge in [0, 0.05) is 32.2 Å². The second-order valence-corrected chi connectivity index (χ2v) is 8.77. The van der Waals surface area contributed by atoms with Crippen LogP contribution < -0.4 is 5.32 Å². The molecule has 2 bridgehead atoms. The molecule has 1 aromatic heterocycles. The summed E-state index contributed by atoms with van der Waals surface area (Å²) >= 11 is 0.909. The van der Waals surface area contributed by atoms with E-state index in [1.54, 1.807) is 0 Å². The Hall–Kier alpha value is -2.27. The summed E-state index contributed by atoms with van der Waals surface area (Å²) in [5, 5.41) is 22.7. The number of piperazine rings is 3. The van der Waals surface area contributed by atoms with Crippen molar-refractivity contribution in [1.82, 2.24) is 15.2 Å². The quantitative estimate of drug-likeness (QED) is 0.308. The van der Waals surface area contributed by atoms with Crippen molar-refractivity contribution in [3.63, 3.8) is 0 Å². The zero-order valence-corrected chi connectivity index (χ0v) is 17.3. The fourth-order valence-electron chi connectivity index (χ4n) is 4.02. The lowest BCUT2D eigenvalue weighted by atomic mass is 10.1. The van der Waals surface area contributed by atoms with E-state index in [0.29, 0.717) is 5.69 Å². The number of hydrogen-bond acceptors (Lipinski definition) is 8. The molecule has 0 radical (unpaired) electrons. The predicted molar refractivity (Wildman–Crippen MR) is 112 cm³/mol. The topological polar surface area (TPSA) is 96.0 Å². The van der Waals surface area contributed by atoms with Crippen LogP contribution in [0.2, 0.25) is 0 Å². The highest BCUT2D eigenvalue weighted by Gasteiger charge is 2.37. The zero-order valence-electron chi connectivity index (χ0n) is 16.5. The van der Waals surface area contributed by atoms with Gasteiger partial charge in [0.05, 0.1) is 36.8 Å². The van der Waals surface area contributed by atoms with Gasteiger partial charge in [-0.2, -0.15) is 0 Å². The molecule has 5 rings (SSSR count). The van der Waals surface area contributed by atoms with Crippen molar-refractivity contribution in [3.8, 4) is 0 Å². The van der Waals surface area contributed by atoms with Gasteiger partial charge in [-0.15, -0.1) is 10.2 Å². The molecule has 0 amide bonds. The van der Waals surface area contributed by atoms with Crippen molar-refractivity contribution in [3.05, 3.63) is 46.1 Å². The van der Waals surface area contributed by atoms with E-state index in [4.69, 9.17) is 0 Å². The molecule has 1 aromatic carbocycles. The first-order valence-corrected chi connectivity index (χ1v) is 10.8. The molecular formula is C19H26N7O2S+. The minimum atomic E-state index is -0.477. The fourth-order valence-corrected chi connectivity index (χ4v) is 4.57. The number of fused-ring (bicyclic) bond motifs is 3. The van der Waals surface area contributed by atoms with Crippen molar-refractivity contribution < 1.29 is 9.41 Å². The molecule has 3 saturated heterocycles. The maximum atomic E-state index is 10.7. The Kier molecular flexibility index (Phi) is 5.95. The second kappa shape index (κ2) is 8.62. The van der Waals surface area contributed by atoms with Gasteiger partial charge in [-0.25, -0.2) is 4.98 Å². The number of aromatic nitrogens is 1. The lowest BCUT2D eigenvalue weighted by Gasteiger charge is -2.50. The maximum absolute atomic E-state index is 10.7. The van der Waals surface area contributed by atoms with Crippen LogP contribution in [0.3, 0.4) is 0 Å². The van der Waals surface area contributed by atoms with Crippen molar-refractivity contribution in [2.75, 3.05) is 52.4 Å². The molecule has 1 atom stereocenters. The van der Waals surface area contributed by atoms with Crippen LogP contribution in [0.1, 0.15) is 18.5 Å². The third-order valence-corrected chi connectivity index (χ3v) is 6.85. The normalized spacial score (nSPS) is 24.8. The van der Waals surface area contributed by atoms with Crippen LogP contribution in [0.15, 0.2) is 40.7 Å². The summed E-state index contributed by atoms with van der Waals surface area (Å²) in [4.78, 5) is 16.7. The maximum Gasteiger partial charge on any atom is 0.345 e. The monoisotopic (exact) mass is 416 g/mol. The summed E-state index contributed by atoms with van der Waals surface area (Å²) in [7, 11) is 0. The van der Waals surface area contributed by atoms with Crippen molar-refractivity contribution >= 4 is 27.2 Å². The number of nitro groups is 1. The van der Waals surface area contributed by atoms with Crippen LogP contribution >= 0.6 is 11.3 Å². The number of nitrogens with one attached hydrogen (secondary N) is 1. The van der Waals surface area contributed by atoms with Gasteiger partial charge in [0.1, 0.15) is 6.20 Å². The number of azo groups is 1. The third kappa shape index (κ3) is 4.84. The van der Waals surface area contributed by atoms with Crippen LogP contribution in [0.4, 0.5) is 15.8 Å². The molecule has 0 spiro atoms. The van der Waals surface area contributed by atoms with Crippen LogP contribution in [0.5, 0.6) is 0 Å².